The van der Waals surface area contributed by atoms with Gasteiger partial charge in [-0.1, -0.05) is 43.0 Å². The summed E-state index contributed by atoms with van der Waals surface area (Å²) < 4.78 is 0. The minimum Gasteiger partial charge on any atom is -0.349 e. The molecule has 5 heteroatoms. The number of halogens is 1. The van der Waals surface area contributed by atoms with Crippen LogP contribution in [0, 0.1) is 0 Å². The van der Waals surface area contributed by atoms with Crippen molar-refractivity contribution in [1.29, 1.82) is 0 Å². The van der Waals surface area contributed by atoms with Gasteiger partial charge in [0.2, 0.25) is 11.8 Å². The van der Waals surface area contributed by atoms with Crippen LogP contribution in [0.5, 0.6) is 0 Å². The Balaban J connectivity index is 2.05. The lowest BCUT2D eigenvalue weighted by Crippen LogP contribution is -2.40. The monoisotopic (exact) mass is 336 g/mol. The summed E-state index contributed by atoms with van der Waals surface area (Å²) in [5, 5.41) is 3.51. The lowest BCUT2D eigenvalue weighted by Gasteiger charge is -2.32. The van der Waals surface area contributed by atoms with E-state index < -0.39 is 0 Å². The number of nitrogens with zero attached hydrogens (tertiary/aromatic N) is 1. The molecule has 0 bridgehead atoms. The van der Waals surface area contributed by atoms with Crippen LogP contribution in [-0.2, 0) is 9.59 Å². The molecule has 1 unspecified atom stereocenters. The lowest BCUT2D eigenvalue weighted by molar-refractivity contribution is -0.133. The first-order valence-corrected chi connectivity index (χ1v) is 8.63. The molecule has 1 aromatic rings. The first-order valence-electron chi connectivity index (χ1n) is 8.25. The number of hydrogen-bond acceptors (Lipinski definition) is 2. The first kappa shape index (κ1) is 17.8. The molecule has 1 N–H and O–H groups in total. The van der Waals surface area contributed by atoms with Crippen LogP contribution in [0.3, 0.4) is 0 Å². The second kappa shape index (κ2) is 8.34. The van der Waals surface area contributed by atoms with Crippen molar-refractivity contribution in [2.75, 3.05) is 7.05 Å². The average Bonchev–Trinajstić information content (AvgIpc) is 2.54. The maximum atomic E-state index is 12.6. The van der Waals surface area contributed by atoms with Gasteiger partial charge >= 0.3 is 0 Å². The van der Waals surface area contributed by atoms with Crippen molar-refractivity contribution in [3.8, 4) is 0 Å². The molecule has 0 aliphatic heterocycles. The molecule has 1 aliphatic carbocycles. The highest BCUT2D eigenvalue weighted by Gasteiger charge is 2.25. The summed E-state index contributed by atoms with van der Waals surface area (Å²) in [7, 11) is 1.88. The second-order valence-corrected chi connectivity index (χ2v) is 6.74. The third kappa shape index (κ3) is 5.24. The number of nitrogens with one attached hydrogen (secondary N) is 1. The van der Waals surface area contributed by atoms with Crippen LogP contribution in [0.15, 0.2) is 24.3 Å². The van der Waals surface area contributed by atoms with Crippen molar-refractivity contribution >= 4 is 23.4 Å². The maximum absolute atomic E-state index is 12.6. The Labute approximate surface area is 143 Å². The summed E-state index contributed by atoms with van der Waals surface area (Å²) in [6.07, 6.45) is 6.07. The fourth-order valence-electron chi connectivity index (χ4n) is 3.18. The van der Waals surface area contributed by atoms with Crippen molar-refractivity contribution in [2.45, 2.75) is 57.5 Å². The minimum absolute atomic E-state index is 0.0746. The van der Waals surface area contributed by atoms with Crippen molar-refractivity contribution in [3.63, 3.8) is 0 Å². The van der Waals surface area contributed by atoms with E-state index in [0.29, 0.717) is 11.1 Å². The van der Waals surface area contributed by atoms with E-state index >= 15 is 0 Å². The predicted molar refractivity (Wildman–Crippen MR) is 92.3 cm³/mol. The van der Waals surface area contributed by atoms with Crippen molar-refractivity contribution in [3.05, 3.63) is 34.9 Å². The maximum Gasteiger partial charge on any atom is 0.224 e. The molecule has 2 amide bonds. The number of hydrogen-bond donors (Lipinski definition) is 1. The Morgan fingerprint density at radius 2 is 1.83 bits per heavy atom. The molecule has 0 aromatic heterocycles. The van der Waals surface area contributed by atoms with Gasteiger partial charge < -0.3 is 10.2 Å². The van der Waals surface area contributed by atoms with Gasteiger partial charge in [-0.15, -0.1) is 0 Å². The molecular formula is C18H25ClN2O2. The zero-order chi connectivity index (χ0) is 16.8. The Bertz CT molecular complexity index is 538. The van der Waals surface area contributed by atoms with Crippen molar-refractivity contribution < 1.29 is 9.59 Å². The zero-order valence-corrected chi connectivity index (χ0v) is 14.6. The third-order valence-corrected chi connectivity index (χ3v) is 4.80. The molecule has 1 aliphatic rings. The molecule has 2 rings (SSSR count). The number of carbonyl (C=O) groups is 2. The molecule has 23 heavy (non-hydrogen) atoms. The van der Waals surface area contributed by atoms with Crippen molar-refractivity contribution in [2.24, 2.45) is 0 Å². The molecule has 1 aromatic carbocycles. The van der Waals surface area contributed by atoms with Gasteiger partial charge in [-0.3, -0.25) is 9.59 Å². The molecular weight excluding hydrogens is 312 g/mol. The fraction of sp³-hybridized carbons (Fsp3) is 0.556. The Morgan fingerprint density at radius 1 is 1.22 bits per heavy atom. The summed E-state index contributed by atoms with van der Waals surface area (Å²) in [6.45, 7) is 1.47. The highest BCUT2D eigenvalue weighted by molar-refractivity contribution is 6.30. The number of benzene rings is 1. The Kier molecular flexibility index (Phi) is 6.46. The second-order valence-electron chi connectivity index (χ2n) is 6.31. The Morgan fingerprint density at radius 3 is 2.39 bits per heavy atom. The van der Waals surface area contributed by atoms with Crippen LogP contribution in [0.2, 0.25) is 5.02 Å². The standard InChI is InChI=1S/C18H25ClN2O2/c1-13(22)20-17(14-8-10-15(19)11-9-14)12-18(23)21(2)16-6-4-3-5-7-16/h8-11,16-17H,3-7,12H2,1-2H3,(H,20,22). The van der Waals surface area contributed by atoms with Gasteiger partial charge in [0.15, 0.2) is 0 Å². The van der Waals surface area contributed by atoms with E-state index in [-0.39, 0.29) is 24.3 Å². The minimum atomic E-state index is -0.316. The molecule has 0 radical (unpaired) electrons. The quantitative estimate of drug-likeness (QED) is 0.891. The van der Waals surface area contributed by atoms with E-state index in [1.54, 1.807) is 12.1 Å². The third-order valence-electron chi connectivity index (χ3n) is 4.54. The zero-order valence-electron chi connectivity index (χ0n) is 13.8. The topological polar surface area (TPSA) is 49.4 Å². The van der Waals surface area contributed by atoms with Gasteiger partial charge in [0.05, 0.1) is 12.5 Å². The normalized spacial score (nSPS) is 16.7. The van der Waals surface area contributed by atoms with E-state index in [2.05, 4.69) is 5.32 Å². The van der Waals surface area contributed by atoms with Crippen LogP contribution in [0.25, 0.3) is 0 Å². The highest BCUT2D eigenvalue weighted by atomic mass is 35.5. The Hall–Kier alpha value is -1.55. The lowest BCUT2D eigenvalue weighted by atomic mass is 9.94. The van der Waals surface area contributed by atoms with Crippen LogP contribution >= 0.6 is 11.6 Å². The molecule has 1 atom stereocenters. The average molecular weight is 337 g/mol. The van der Waals surface area contributed by atoms with Gasteiger partial charge in [0.25, 0.3) is 0 Å². The smallest absolute Gasteiger partial charge is 0.224 e. The summed E-state index contributed by atoms with van der Waals surface area (Å²) in [5.41, 5.74) is 0.898. The predicted octanol–water partition coefficient (Wildman–Crippen LogP) is 3.70. The van der Waals surface area contributed by atoms with E-state index in [4.69, 9.17) is 11.6 Å². The van der Waals surface area contributed by atoms with E-state index in [1.165, 1.54) is 26.2 Å². The van der Waals surface area contributed by atoms with E-state index in [0.717, 1.165) is 18.4 Å². The molecule has 1 fully saturated rings. The van der Waals surface area contributed by atoms with Gasteiger partial charge in [0.1, 0.15) is 0 Å². The van der Waals surface area contributed by atoms with Crippen molar-refractivity contribution in [1.82, 2.24) is 10.2 Å². The number of amides is 2. The number of carbonyl (C=O) groups excluding carboxylic acids is 2. The molecule has 0 spiro atoms. The fourth-order valence-corrected chi connectivity index (χ4v) is 3.31. The first-order chi connectivity index (χ1) is 11.0. The largest absolute Gasteiger partial charge is 0.349 e. The van der Waals surface area contributed by atoms with Gasteiger partial charge in [-0.05, 0) is 30.5 Å². The molecule has 0 saturated heterocycles. The summed E-state index contributed by atoms with van der Waals surface area (Å²) in [5.74, 6) is -0.0660. The number of rotatable bonds is 5. The molecule has 1 saturated carbocycles. The van der Waals surface area contributed by atoms with Crippen LogP contribution < -0.4 is 5.32 Å². The van der Waals surface area contributed by atoms with E-state index in [9.17, 15) is 9.59 Å². The SMILES string of the molecule is CC(=O)NC(CC(=O)N(C)C1CCCCC1)c1ccc(Cl)cc1. The summed E-state index contributed by atoms with van der Waals surface area (Å²) >= 11 is 5.92. The molecule has 0 heterocycles. The molecule has 126 valence electrons. The van der Waals surface area contributed by atoms with Crippen LogP contribution in [-0.4, -0.2) is 29.8 Å². The molecule has 4 nitrogen and oxygen atoms in total. The highest BCUT2D eigenvalue weighted by Crippen LogP contribution is 2.25. The van der Waals surface area contributed by atoms with Gasteiger partial charge in [-0.2, -0.15) is 0 Å². The van der Waals surface area contributed by atoms with Crippen LogP contribution in [0.1, 0.15) is 57.1 Å². The summed E-state index contributed by atoms with van der Waals surface area (Å²) in [6, 6.07) is 7.29. The van der Waals surface area contributed by atoms with Gasteiger partial charge in [0, 0.05) is 25.0 Å². The summed E-state index contributed by atoms with van der Waals surface area (Å²) in [4.78, 5) is 26.0. The van der Waals surface area contributed by atoms with Gasteiger partial charge in [-0.25, -0.2) is 0 Å². The van der Waals surface area contributed by atoms with Crippen LogP contribution in [0.4, 0.5) is 0 Å². The van der Waals surface area contributed by atoms with E-state index in [1.807, 2.05) is 24.1 Å².